The van der Waals surface area contributed by atoms with Crippen LogP contribution in [0.1, 0.15) is 40.0 Å². The Bertz CT molecular complexity index is 370. The van der Waals surface area contributed by atoms with Gasteiger partial charge in [-0.15, -0.1) is 0 Å². The summed E-state index contributed by atoms with van der Waals surface area (Å²) in [6, 6.07) is 6.20. The van der Waals surface area contributed by atoms with Crippen LogP contribution in [0.25, 0.3) is 0 Å². The number of esters is 1. The van der Waals surface area contributed by atoms with Gasteiger partial charge in [0.2, 0.25) is 0 Å². The van der Waals surface area contributed by atoms with Crippen LogP contribution in [0, 0.1) is 5.41 Å². The topological polar surface area (TPSA) is 46.5 Å². The molecule has 0 aliphatic heterocycles. The van der Waals surface area contributed by atoms with Crippen molar-refractivity contribution in [2.24, 2.45) is 5.41 Å². The van der Waals surface area contributed by atoms with Crippen LogP contribution in [0.4, 0.5) is 0 Å². The molecular formula is C14H20O3. The second-order valence-corrected chi connectivity index (χ2v) is 4.55. The highest BCUT2D eigenvalue weighted by molar-refractivity contribution is 5.78. The maximum atomic E-state index is 12.1. The van der Waals surface area contributed by atoms with Crippen LogP contribution in [0.2, 0.25) is 0 Å². The minimum atomic E-state index is -0.424. The molecule has 0 fully saturated rings. The van der Waals surface area contributed by atoms with E-state index in [2.05, 4.69) is 6.92 Å². The normalized spacial score (nSPS) is 14.1. The van der Waals surface area contributed by atoms with Gasteiger partial charge in [0.1, 0.15) is 11.5 Å². The lowest BCUT2D eigenvalue weighted by molar-refractivity contribution is -0.145. The smallest absolute Gasteiger partial charge is 0.317 e. The largest absolute Gasteiger partial charge is 0.508 e. The third kappa shape index (κ3) is 3.48. The molecule has 1 rings (SSSR count). The summed E-state index contributed by atoms with van der Waals surface area (Å²) in [6.45, 7) is 5.98. The Morgan fingerprint density at radius 2 is 1.88 bits per heavy atom. The highest BCUT2D eigenvalue weighted by Crippen LogP contribution is 2.30. The van der Waals surface area contributed by atoms with Gasteiger partial charge in [-0.05, 0) is 44.0 Å². The molecule has 0 radical (unpaired) electrons. The van der Waals surface area contributed by atoms with Gasteiger partial charge in [-0.25, -0.2) is 0 Å². The summed E-state index contributed by atoms with van der Waals surface area (Å²) in [7, 11) is 0. The molecule has 3 heteroatoms. The predicted octanol–water partition coefficient (Wildman–Crippen LogP) is 3.51. The molecule has 1 atom stereocenters. The van der Waals surface area contributed by atoms with Crippen molar-refractivity contribution in [3.63, 3.8) is 0 Å². The number of hydrogen-bond acceptors (Lipinski definition) is 3. The minimum absolute atomic E-state index is 0.164. The van der Waals surface area contributed by atoms with Gasteiger partial charge in [-0.3, -0.25) is 4.79 Å². The Morgan fingerprint density at radius 3 is 2.35 bits per heavy atom. The van der Waals surface area contributed by atoms with Crippen LogP contribution >= 0.6 is 0 Å². The van der Waals surface area contributed by atoms with Crippen LogP contribution in [-0.2, 0) is 4.79 Å². The van der Waals surface area contributed by atoms with Gasteiger partial charge in [0.25, 0.3) is 0 Å². The highest BCUT2D eigenvalue weighted by atomic mass is 16.5. The van der Waals surface area contributed by atoms with Gasteiger partial charge in [0, 0.05) is 0 Å². The summed E-state index contributed by atoms with van der Waals surface area (Å²) in [4.78, 5) is 12.1. The number of benzene rings is 1. The number of ether oxygens (including phenoxy) is 1. The second kappa shape index (κ2) is 5.71. The SMILES string of the molecule is CCCC(C)(CC)C(=O)Oc1ccc(O)cc1. The molecule has 0 aliphatic rings. The fourth-order valence-corrected chi connectivity index (χ4v) is 1.72. The predicted molar refractivity (Wildman–Crippen MR) is 67.0 cm³/mol. The Hall–Kier alpha value is -1.51. The fourth-order valence-electron chi connectivity index (χ4n) is 1.72. The zero-order chi connectivity index (χ0) is 12.9. The fraction of sp³-hybridized carbons (Fsp3) is 0.500. The molecule has 1 aromatic rings. The van der Waals surface area contributed by atoms with Crippen LogP contribution in [-0.4, -0.2) is 11.1 Å². The number of carbonyl (C=O) groups is 1. The lowest BCUT2D eigenvalue weighted by Crippen LogP contribution is -2.31. The number of carbonyl (C=O) groups excluding carboxylic acids is 1. The van der Waals surface area contributed by atoms with Crippen molar-refractivity contribution in [3.8, 4) is 11.5 Å². The summed E-state index contributed by atoms with van der Waals surface area (Å²) in [5.41, 5.74) is -0.424. The Balaban J connectivity index is 2.73. The van der Waals surface area contributed by atoms with Crippen molar-refractivity contribution in [1.82, 2.24) is 0 Å². The van der Waals surface area contributed by atoms with E-state index in [-0.39, 0.29) is 11.7 Å². The number of aromatic hydroxyl groups is 1. The molecule has 94 valence electrons. The van der Waals surface area contributed by atoms with Crippen LogP contribution < -0.4 is 4.74 Å². The number of phenolic OH excluding ortho intramolecular Hbond substituents is 1. The van der Waals surface area contributed by atoms with E-state index in [0.717, 1.165) is 19.3 Å². The zero-order valence-electron chi connectivity index (χ0n) is 10.7. The first-order valence-electron chi connectivity index (χ1n) is 6.03. The molecule has 0 heterocycles. The molecule has 3 nitrogen and oxygen atoms in total. The Kier molecular flexibility index (Phi) is 4.55. The molecule has 0 aromatic heterocycles. The lowest BCUT2D eigenvalue weighted by atomic mass is 9.83. The van der Waals surface area contributed by atoms with Crippen molar-refractivity contribution in [2.45, 2.75) is 40.0 Å². The second-order valence-electron chi connectivity index (χ2n) is 4.55. The van der Waals surface area contributed by atoms with E-state index in [9.17, 15) is 4.79 Å². The monoisotopic (exact) mass is 236 g/mol. The van der Waals surface area contributed by atoms with E-state index in [1.807, 2.05) is 13.8 Å². The molecule has 0 aliphatic carbocycles. The third-order valence-corrected chi connectivity index (χ3v) is 3.12. The van der Waals surface area contributed by atoms with Crippen molar-refractivity contribution < 1.29 is 14.6 Å². The van der Waals surface area contributed by atoms with E-state index in [0.29, 0.717) is 5.75 Å². The number of phenols is 1. The summed E-state index contributed by atoms with van der Waals surface area (Å²) in [5, 5.41) is 9.14. The highest BCUT2D eigenvalue weighted by Gasteiger charge is 2.32. The molecule has 0 saturated heterocycles. The van der Waals surface area contributed by atoms with Gasteiger partial charge in [0.15, 0.2) is 0 Å². The molecule has 0 spiro atoms. The summed E-state index contributed by atoms with van der Waals surface area (Å²) >= 11 is 0. The van der Waals surface area contributed by atoms with Gasteiger partial charge < -0.3 is 9.84 Å². The van der Waals surface area contributed by atoms with Gasteiger partial charge in [0.05, 0.1) is 5.41 Å². The molecule has 0 bridgehead atoms. The first-order chi connectivity index (χ1) is 8.01. The van der Waals surface area contributed by atoms with Crippen molar-refractivity contribution in [2.75, 3.05) is 0 Å². The Labute approximate surface area is 102 Å². The van der Waals surface area contributed by atoms with E-state index < -0.39 is 5.41 Å². The Morgan fingerprint density at radius 1 is 1.29 bits per heavy atom. The van der Waals surface area contributed by atoms with Crippen molar-refractivity contribution >= 4 is 5.97 Å². The first kappa shape index (κ1) is 13.6. The quantitative estimate of drug-likeness (QED) is 0.628. The van der Waals surface area contributed by atoms with E-state index in [1.54, 1.807) is 12.1 Å². The maximum Gasteiger partial charge on any atom is 0.317 e. The summed E-state index contributed by atoms with van der Waals surface area (Å²) < 4.78 is 5.33. The summed E-state index contributed by atoms with van der Waals surface area (Å²) in [5.74, 6) is 0.438. The van der Waals surface area contributed by atoms with Crippen LogP contribution in [0.15, 0.2) is 24.3 Å². The lowest BCUT2D eigenvalue weighted by Gasteiger charge is -2.25. The van der Waals surface area contributed by atoms with Gasteiger partial charge in [-0.1, -0.05) is 20.3 Å². The first-order valence-corrected chi connectivity index (χ1v) is 6.03. The minimum Gasteiger partial charge on any atom is -0.508 e. The van der Waals surface area contributed by atoms with Crippen LogP contribution in [0.3, 0.4) is 0 Å². The van der Waals surface area contributed by atoms with E-state index >= 15 is 0 Å². The van der Waals surface area contributed by atoms with Crippen molar-refractivity contribution in [1.29, 1.82) is 0 Å². The number of hydrogen-bond donors (Lipinski definition) is 1. The molecule has 17 heavy (non-hydrogen) atoms. The summed E-state index contributed by atoms with van der Waals surface area (Å²) in [6.07, 6.45) is 2.53. The zero-order valence-corrected chi connectivity index (χ0v) is 10.7. The average molecular weight is 236 g/mol. The van der Waals surface area contributed by atoms with Crippen molar-refractivity contribution in [3.05, 3.63) is 24.3 Å². The molecule has 1 aromatic carbocycles. The third-order valence-electron chi connectivity index (χ3n) is 3.12. The molecule has 1 unspecified atom stereocenters. The average Bonchev–Trinajstić information content (AvgIpc) is 2.32. The van der Waals surface area contributed by atoms with E-state index in [4.69, 9.17) is 9.84 Å². The molecule has 1 N–H and O–H groups in total. The van der Waals surface area contributed by atoms with Gasteiger partial charge >= 0.3 is 5.97 Å². The van der Waals surface area contributed by atoms with Crippen LogP contribution in [0.5, 0.6) is 11.5 Å². The van der Waals surface area contributed by atoms with Gasteiger partial charge in [-0.2, -0.15) is 0 Å². The number of rotatable bonds is 5. The molecule has 0 saturated carbocycles. The van der Waals surface area contributed by atoms with E-state index in [1.165, 1.54) is 12.1 Å². The maximum absolute atomic E-state index is 12.1. The molecular weight excluding hydrogens is 216 g/mol. The molecule has 0 amide bonds. The standard InChI is InChI=1S/C14H20O3/c1-4-10-14(3,5-2)13(16)17-12-8-6-11(15)7-9-12/h6-9,15H,4-5,10H2,1-3H3.